The molecule has 0 aromatic heterocycles. The zero-order valence-electron chi connectivity index (χ0n) is 26.1. The summed E-state index contributed by atoms with van der Waals surface area (Å²) >= 11 is 12.7. The van der Waals surface area contributed by atoms with E-state index in [0.717, 1.165) is 9.87 Å². The fraction of sp³-hybridized carbons (Fsp3) is 0.257. The van der Waals surface area contributed by atoms with Gasteiger partial charge in [-0.15, -0.1) is 0 Å². The van der Waals surface area contributed by atoms with Gasteiger partial charge in [0.1, 0.15) is 18.3 Å². The molecule has 11 heteroatoms. The first-order valence-corrected chi connectivity index (χ1v) is 16.8. The van der Waals surface area contributed by atoms with Gasteiger partial charge in [0.15, 0.2) is 0 Å². The molecule has 4 aromatic carbocycles. The Morgan fingerprint density at radius 1 is 0.848 bits per heavy atom. The molecular formula is C35H37Cl2N3O5S. The van der Waals surface area contributed by atoms with Gasteiger partial charge in [-0.05, 0) is 74.4 Å². The molecule has 0 radical (unpaired) electrons. The highest BCUT2D eigenvalue weighted by molar-refractivity contribution is 7.92. The van der Waals surface area contributed by atoms with Crippen LogP contribution in [0.2, 0.25) is 10.0 Å². The molecule has 0 aliphatic heterocycles. The minimum atomic E-state index is -4.27. The summed E-state index contributed by atoms with van der Waals surface area (Å²) in [6.07, 6.45) is 0.189. The summed E-state index contributed by atoms with van der Waals surface area (Å²) in [6, 6.07) is 27.7. The number of ether oxygens (including phenoxy) is 1. The van der Waals surface area contributed by atoms with Crippen molar-refractivity contribution in [2.24, 2.45) is 0 Å². The second-order valence-electron chi connectivity index (χ2n) is 11.7. The van der Waals surface area contributed by atoms with Crippen LogP contribution in [0.4, 0.5) is 5.69 Å². The van der Waals surface area contributed by atoms with E-state index >= 15 is 0 Å². The van der Waals surface area contributed by atoms with Crippen molar-refractivity contribution < 1.29 is 22.7 Å². The fourth-order valence-corrected chi connectivity index (χ4v) is 6.79. The third-order valence-corrected chi connectivity index (χ3v) is 9.36. The number of nitrogens with zero attached hydrogens (tertiary/aromatic N) is 2. The van der Waals surface area contributed by atoms with E-state index in [1.54, 1.807) is 42.5 Å². The third kappa shape index (κ3) is 9.02. The standard InChI is InChI=1S/C35H37Cl2N3O5S/c1-35(2,3)38-34(42)31(21-25-12-7-5-8-13-25)39(23-26-14-11-15-27(36)20-26)33(41)24-40(28-18-19-32(45-4)30(37)22-28)46(43,44)29-16-9-6-10-17-29/h5-20,22,31H,21,23-24H2,1-4H3,(H,38,42)/t31-/m1/s1. The molecule has 0 saturated carbocycles. The molecule has 0 fully saturated rings. The summed E-state index contributed by atoms with van der Waals surface area (Å²) in [5.41, 5.74) is 1.06. The van der Waals surface area contributed by atoms with Gasteiger partial charge in [-0.25, -0.2) is 8.42 Å². The van der Waals surface area contributed by atoms with Gasteiger partial charge >= 0.3 is 0 Å². The maximum absolute atomic E-state index is 14.6. The topological polar surface area (TPSA) is 96.0 Å². The van der Waals surface area contributed by atoms with Gasteiger partial charge in [0.2, 0.25) is 11.8 Å². The average Bonchev–Trinajstić information content (AvgIpc) is 3.01. The monoisotopic (exact) mass is 681 g/mol. The van der Waals surface area contributed by atoms with Gasteiger partial charge in [0, 0.05) is 23.5 Å². The molecule has 0 spiro atoms. The Morgan fingerprint density at radius 2 is 1.48 bits per heavy atom. The molecule has 4 aromatic rings. The van der Waals surface area contributed by atoms with Crippen molar-refractivity contribution in [1.29, 1.82) is 0 Å². The number of rotatable bonds is 12. The van der Waals surface area contributed by atoms with Gasteiger partial charge in [-0.2, -0.15) is 0 Å². The number of amides is 2. The highest BCUT2D eigenvalue weighted by Gasteiger charge is 2.35. The van der Waals surface area contributed by atoms with Crippen molar-refractivity contribution >= 4 is 50.7 Å². The molecule has 0 aliphatic rings. The van der Waals surface area contributed by atoms with Crippen molar-refractivity contribution in [3.63, 3.8) is 0 Å². The molecule has 0 unspecified atom stereocenters. The van der Waals surface area contributed by atoms with Gasteiger partial charge in [0.05, 0.1) is 22.7 Å². The first-order valence-electron chi connectivity index (χ1n) is 14.6. The number of carbonyl (C=O) groups is 2. The van der Waals surface area contributed by atoms with E-state index in [1.807, 2.05) is 51.1 Å². The minimum Gasteiger partial charge on any atom is -0.495 e. The molecule has 2 amide bonds. The second-order valence-corrected chi connectivity index (χ2v) is 14.4. The lowest BCUT2D eigenvalue weighted by atomic mass is 10.0. The number of hydrogen-bond donors (Lipinski definition) is 1. The lowest BCUT2D eigenvalue weighted by Gasteiger charge is -2.35. The molecule has 0 aliphatic carbocycles. The molecule has 0 saturated heterocycles. The van der Waals surface area contributed by atoms with Gasteiger partial charge in [0.25, 0.3) is 10.0 Å². The largest absolute Gasteiger partial charge is 0.495 e. The van der Waals surface area contributed by atoms with Crippen LogP contribution in [-0.4, -0.2) is 50.4 Å². The Hall–Kier alpha value is -4.05. The number of methoxy groups -OCH3 is 1. The Balaban J connectivity index is 1.84. The summed E-state index contributed by atoms with van der Waals surface area (Å²) in [5.74, 6) is -0.633. The number of hydrogen-bond acceptors (Lipinski definition) is 5. The van der Waals surface area contributed by atoms with E-state index in [9.17, 15) is 18.0 Å². The molecule has 0 bridgehead atoms. The van der Waals surface area contributed by atoms with E-state index in [2.05, 4.69) is 5.32 Å². The van der Waals surface area contributed by atoms with E-state index in [0.29, 0.717) is 16.3 Å². The number of benzene rings is 4. The van der Waals surface area contributed by atoms with Crippen molar-refractivity contribution in [2.45, 2.75) is 50.2 Å². The molecule has 1 N–H and O–H groups in total. The number of halogens is 2. The van der Waals surface area contributed by atoms with Crippen LogP contribution in [0.1, 0.15) is 31.9 Å². The highest BCUT2D eigenvalue weighted by Crippen LogP contribution is 2.32. The van der Waals surface area contributed by atoms with Crippen molar-refractivity contribution in [3.05, 3.63) is 124 Å². The summed E-state index contributed by atoms with van der Waals surface area (Å²) in [5, 5.41) is 3.64. The molecule has 8 nitrogen and oxygen atoms in total. The molecule has 242 valence electrons. The van der Waals surface area contributed by atoms with Gasteiger partial charge in [-0.1, -0.05) is 83.9 Å². The number of carbonyl (C=O) groups excluding carboxylic acids is 2. The summed E-state index contributed by atoms with van der Waals surface area (Å²) in [6.45, 7) is 4.95. The van der Waals surface area contributed by atoms with Crippen LogP contribution in [0.3, 0.4) is 0 Å². The smallest absolute Gasteiger partial charge is 0.264 e. The Bertz CT molecular complexity index is 1760. The maximum atomic E-state index is 14.6. The molecule has 1 atom stereocenters. The third-order valence-electron chi connectivity index (χ3n) is 7.04. The van der Waals surface area contributed by atoms with Crippen molar-refractivity contribution in [2.75, 3.05) is 18.0 Å². The Kier molecular flexibility index (Phi) is 11.4. The number of anilines is 1. The predicted molar refractivity (Wildman–Crippen MR) is 183 cm³/mol. The van der Waals surface area contributed by atoms with E-state index < -0.39 is 34.1 Å². The predicted octanol–water partition coefficient (Wildman–Crippen LogP) is 6.75. The van der Waals surface area contributed by atoms with Crippen LogP contribution in [0.25, 0.3) is 0 Å². The van der Waals surface area contributed by atoms with Crippen molar-refractivity contribution in [1.82, 2.24) is 10.2 Å². The average molecular weight is 683 g/mol. The van der Waals surface area contributed by atoms with Crippen LogP contribution in [-0.2, 0) is 32.6 Å². The lowest BCUT2D eigenvalue weighted by molar-refractivity contribution is -0.140. The molecule has 46 heavy (non-hydrogen) atoms. The van der Waals surface area contributed by atoms with Gasteiger partial charge in [-0.3, -0.25) is 13.9 Å². The number of sulfonamides is 1. The SMILES string of the molecule is COc1ccc(N(CC(=O)N(Cc2cccc(Cl)c2)[C@H](Cc2ccccc2)C(=O)NC(C)(C)C)S(=O)(=O)c2ccccc2)cc1Cl. The number of nitrogens with one attached hydrogen (secondary N) is 1. The van der Waals surface area contributed by atoms with Gasteiger partial charge < -0.3 is 15.0 Å². The Labute approximate surface area is 280 Å². The first-order chi connectivity index (χ1) is 21.8. The van der Waals surface area contributed by atoms with Crippen LogP contribution in [0, 0.1) is 0 Å². The summed E-state index contributed by atoms with van der Waals surface area (Å²) in [7, 11) is -2.82. The second kappa shape index (κ2) is 15.0. The highest BCUT2D eigenvalue weighted by atomic mass is 35.5. The van der Waals surface area contributed by atoms with Crippen LogP contribution < -0.4 is 14.4 Å². The zero-order valence-corrected chi connectivity index (χ0v) is 28.4. The summed E-state index contributed by atoms with van der Waals surface area (Å²) in [4.78, 5) is 29.9. The van der Waals surface area contributed by atoms with Crippen molar-refractivity contribution in [3.8, 4) is 5.75 Å². The zero-order chi connectivity index (χ0) is 33.5. The molecular weight excluding hydrogens is 645 g/mol. The van der Waals surface area contributed by atoms with Crippen LogP contribution in [0.5, 0.6) is 5.75 Å². The lowest BCUT2D eigenvalue weighted by Crippen LogP contribution is -2.56. The Morgan fingerprint density at radius 3 is 2.07 bits per heavy atom. The molecule has 0 heterocycles. The maximum Gasteiger partial charge on any atom is 0.264 e. The van der Waals surface area contributed by atoms with E-state index in [1.165, 1.54) is 42.3 Å². The van der Waals surface area contributed by atoms with Crippen LogP contribution >= 0.6 is 23.2 Å². The molecule has 4 rings (SSSR count). The fourth-order valence-electron chi connectivity index (χ4n) is 4.90. The quantitative estimate of drug-likeness (QED) is 0.178. The van der Waals surface area contributed by atoms with Crippen LogP contribution in [0.15, 0.2) is 108 Å². The van der Waals surface area contributed by atoms with E-state index in [-0.39, 0.29) is 34.5 Å². The first kappa shape index (κ1) is 34.8. The van der Waals surface area contributed by atoms with E-state index in [4.69, 9.17) is 27.9 Å². The minimum absolute atomic E-state index is 0.00293. The summed E-state index contributed by atoms with van der Waals surface area (Å²) < 4.78 is 34.5. The normalized spacial score (nSPS) is 12.2.